The molecule has 0 unspecified atom stereocenters. The quantitative estimate of drug-likeness (QED) is 0.466. The lowest BCUT2D eigenvalue weighted by molar-refractivity contribution is 0.606. The first-order chi connectivity index (χ1) is 13.7. The molecule has 0 aliphatic heterocycles. The largest absolute Gasteiger partial charge is 0.357 e. The fourth-order valence-corrected chi connectivity index (χ4v) is 2.87. The molecule has 6 heteroatoms. The van der Waals surface area contributed by atoms with Crippen LogP contribution in [-0.2, 0) is 19.5 Å². The Labute approximate surface area is 165 Å². The number of hydrogen-bond acceptors (Lipinski definition) is 2. The summed E-state index contributed by atoms with van der Waals surface area (Å²) >= 11 is 0. The van der Waals surface area contributed by atoms with Gasteiger partial charge in [-0.15, -0.1) is 0 Å². The highest BCUT2D eigenvalue weighted by molar-refractivity contribution is 5.79. The Morgan fingerprint density at radius 3 is 2.57 bits per heavy atom. The van der Waals surface area contributed by atoms with E-state index >= 15 is 0 Å². The van der Waals surface area contributed by atoms with Crippen molar-refractivity contribution in [1.82, 2.24) is 20.2 Å². The summed E-state index contributed by atoms with van der Waals surface area (Å²) in [5.41, 5.74) is 3.07. The SMILES string of the molecule is CCNC(=NCc1ccc(Cn2ccnc2)cc1)NCCc1ccccc1F. The molecule has 0 amide bonds. The van der Waals surface area contributed by atoms with E-state index in [2.05, 4.69) is 44.9 Å². The zero-order chi connectivity index (χ0) is 19.6. The van der Waals surface area contributed by atoms with Crippen molar-refractivity contribution in [1.29, 1.82) is 0 Å². The molecule has 1 heterocycles. The molecule has 0 atom stereocenters. The molecule has 0 saturated carbocycles. The molecular weight excluding hydrogens is 353 g/mol. The van der Waals surface area contributed by atoms with E-state index < -0.39 is 0 Å². The van der Waals surface area contributed by atoms with Crippen LogP contribution in [0.15, 0.2) is 72.2 Å². The number of aromatic nitrogens is 2. The second-order valence-electron chi connectivity index (χ2n) is 6.51. The highest BCUT2D eigenvalue weighted by atomic mass is 19.1. The van der Waals surface area contributed by atoms with Gasteiger partial charge in [0.1, 0.15) is 5.82 Å². The number of aliphatic imine (C=N–C) groups is 1. The van der Waals surface area contributed by atoms with Crippen LogP contribution < -0.4 is 10.6 Å². The molecule has 5 nitrogen and oxygen atoms in total. The molecule has 0 radical (unpaired) electrons. The van der Waals surface area contributed by atoms with Crippen LogP contribution in [-0.4, -0.2) is 28.6 Å². The molecule has 0 bridgehead atoms. The minimum Gasteiger partial charge on any atom is -0.357 e. The van der Waals surface area contributed by atoms with Gasteiger partial charge in [-0.2, -0.15) is 0 Å². The molecule has 2 N–H and O–H groups in total. The third-order valence-electron chi connectivity index (χ3n) is 4.36. The number of nitrogens with one attached hydrogen (secondary N) is 2. The minimum atomic E-state index is -0.165. The van der Waals surface area contributed by atoms with Crippen molar-refractivity contribution in [2.45, 2.75) is 26.4 Å². The van der Waals surface area contributed by atoms with Gasteiger partial charge in [-0.3, -0.25) is 0 Å². The fraction of sp³-hybridized carbons (Fsp3) is 0.273. The highest BCUT2D eigenvalue weighted by Gasteiger charge is 2.02. The topological polar surface area (TPSA) is 54.2 Å². The average molecular weight is 379 g/mol. The maximum absolute atomic E-state index is 13.7. The molecule has 0 aliphatic carbocycles. The van der Waals surface area contributed by atoms with Crippen LogP contribution in [0.4, 0.5) is 4.39 Å². The van der Waals surface area contributed by atoms with Gasteiger partial charge < -0.3 is 15.2 Å². The van der Waals surface area contributed by atoms with Crippen LogP contribution in [0.3, 0.4) is 0 Å². The van der Waals surface area contributed by atoms with E-state index in [1.54, 1.807) is 12.3 Å². The standard InChI is InChI=1S/C22H26FN5/c1-2-25-22(26-12-11-20-5-3-4-6-21(20)23)27-15-18-7-9-19(10-8-18)16-28-14-13-24-17-28/h3-10,13-14,17H,2,11-12,15-16H2,1H3,(H2,25,26,27). The van der Waals surface area contributed by atoms with Crippen molar-refractivity contribution in [3.8, 4) is 0 Å². The maximum atomic E-state index is 13.7. The van der Waals surface area contributed by atoms with Gasteiger partial charge in [0.05, 0.1) is 12.9 Å². The number of rotatable bonds is 8. The molecule has 3 aromatic rings. The lowest BCUT2D eigenvalue weighted by atomic mass is 10.1. The lowest BCUT2D eigenvalue weighted by Crippen LogP contribution is -2.38. The third-order valence-corrected chi connectivity index (χ3v) is 4.36. The smallest absolute Gasteiger partial charge is 0.191 e. The van der Waals surface area contributed by atoms with E-state index in [4.69, 9.17) is 0 Å². The molecular formula is C22H26FN5. The van der Waals surface area contributed by atoms with Crippen molar-refractivity contribution >= 4 is 5.96 Å². The summed E-state index contributed by atoms with van der Waals surface area (Å²) in [5.74, 6) is 0.573. The molecule has 28 heavy (non-hydrogen) atoms. The second kappa shape index (κ2) is 10.3. The van der Waals surface area contributed by atoms with E-state index in [1.165, 1.54) is 11.6 Å². The van der Waals surface area contributed by atoms with Crippen LogP contribution >= 0.6 is 0 Å². The summed E-state index contributed by atoms with van der Waals surface area (Å²) in [4.78, 5) is 8.69. The predicted molar refractivity (Wildman–Crippen MR) is 111 cm³/mol. The van der Waals surface area contributed by atoms with Gasteiger partial charge in [0.15, 0.2) is 5.96 Å². The van der Waals surface area contributed by atoms with Gasteiger partial charge in [0.25, 0.3) is 0 Å². The number of imidazole rings is 1. The Kier molecular flexibility index (Phi) is 7.18. The zero-order valence-corrected chi connectivity index (χ0v) is 16.1. The Bertz CT molecular complexity index is 872. The van der Waals surface area contributed by atoms with Crippen LogP contribution in [0, 0.1) is 5.82 Å². The monoisotopic (exact) mass is 379 g/mol. The Morgan fingerprint density at radius 2 is 1.86 bits per heavy atom. The van der Waals surface area contributed by atoms with Gasteiger partial charge in [-0.25, -0.2) is 14.4 Å². The molecule has 0 spiro atoms. The molecule has 3 rings (SSSR count). The summed E-state index contributed by atoms with van der Waals surface area (Å²) in [6.45, 7) is 4.81. The van der Waals surface area contributed by atoms with E-state index in [0.29, 0.717) is 25.1 Å². The summed E-state index contributed by atoms with van der Waals surface area (Å²) < 4.78 is 15.7. The van der Waals surface area contributed by atoms with E-state index in [1.807, 2.05) is 36.1 Å². The molecule has 0 fully saturated rings. The average Bonchev–Trinajstić information content (AvgIpc) is 3.22. The lowest BCUT2D eigenvalue weighted by Gasteiger charge is -2.12. The molecule has 1 aromatic heterocycles. The minimum absolute atomic E-state index is 0.165. The zero-order valence-electron chi connectivity index (χ0n) is 16.1. The number of guanidine groups is 1. The molecule has 2 aromatic carbocycles. The third kappa shape index (κ3) is 5.94. The highest BCUT2D eigenvalue weighted by Crippen LogP contribution is 2.08. The van der Waals surface area contributed by atoms with Crippen LogP contribution in [0.25, 0.3) is 0 Å². The van der Waals surface area contributed by atoms with E-state index in [9.17, 15) is 4.39 Å². The Morgan fingerprint density at radius 1 is 1.07 bits per heavy atom. The van der Waals surface area contributed by atoms with E-state index in [0.717, 1.165) is 24.6 Å². The maximum Gasteiger partial charge on any atom is 0.191 e. The van der Waals surface area contributed by atoms with Gasteiger partial charge >= 0.3 is 0 Å². The summed E-state index contributed by atoms with van der Waals surface area (Å²) in [5, 5.41) is 6.50. The summed E-state index contributed by atoms with van der Waals surface area (Å²) in [6, 6.07) is 15.3. The number of nitrogens with zero attached hydrogens (tertiary/aromatic N) is 3. The van der Waals surface area contributed by atoms with Gasteiger partial charge in [-0.1, -0.05) is 42.5 Å². The first kappa shape index (κ1) is 19.6. The molecule has 0 saturated heterocycles. The summed E-state index contributed by atoms with van der Waals surface area (Å²) in [6.07, 6.45) is 6.16. The number of hydrogen-bond donors (Lipinski definition) is 2. The van der Waals surface area contributed by atoms with Crippen molar-refractivity contribution in [2.75, 3.05) is 13.1 Å². The van der Waals surface area contributed by atoms with Crippen molar-refractivity contribution < 1.29 is 4.39 Å². The second-order valence-corrected chi connectivity index (χ2v) is 6.51. The number of halogens is 1. The van der Waals surface area contributed by atoms with Crippen molar-refractivity contribution in [3.05, 3.63) is 89.8 Å². The Balaban J connectivity index is 1.52. The van der Waals surface area contributed by atoms with Gasteiger partial charge in [0, 0.05) is 32.0 Å². The van der Waals surface area contributed by atoms with Crippen LogP contribution in [0.5, 0.6) is 0 Å². The predicted octanol–water partition coefficient (Wildman–Crippen LogP) is 3.37. The molecule has 0 aliphatic rings. The van der Waals surface area contributed by atoms with Crippen molar-refractivity contribution in [2.24, 2.45) is 4.99 Å². The molecule has 146 valence electrons. The van der Waals surface area contributed by atoms with Crippen LogP contribution in [0.2, 0.25) is 0 Å². The first-order valence-electron chi connectivity index (χ1n) is 9.53. The first-order valence-corrected chi connectivity index (χ1v) is 9.53. The van der Waals surface area contributed by atoms with Gasteiger partial charge in [0.2, 0.25) is 0 Å². The number of benzene rings is 2. The van der Waals surface area contributed by atoms with E-state index in [-0.39, 0.29) is 5.82 Å². The van der Waals surface area contributed by atoms with Crippen molar-refractivity contribution in [3.63, 3.8) is 0 Å². The normalized spacial score (nSPS) is 11.4. The summed E-state index contributed by atoms with van der Waals surface area (Å²) in [7, 11) is 0. The Hall–Kier alpha value is -3.15. The van der Waals surface area contributed by atoms with Gasteiger partial charge in [-0.05, 0) is 36.1 Å². The van der Waals surface area contributed by atoms with Crippen LogP contribution in [0.1, 0.15) is 23.6 Å². The fourth-order valence-electron chi connectivity index (χ4n) is 2.87.